The van der Waals surface area contributed by atoms with Gasteiger partial charge in [0.05, 0.1) is 25.3 Å². The van der Waals surface area contributed by atoms with E-state index >= 15 is 0 Å². The van der Waals surface area contributed by atoms with E-state index in [0.29, 0.717) is 11.6 Å². The van der Waals surface area contributed by atoms with Gasteiger partial charge in [-0.25, -0.2) is 0 Å². The molecule has 1 rings (SSSR count). The molecule has 120 valence electrons. The van der Waals surface area contributed by atoms with Crippen LogP contribution in [-0.4, -0.2) is 29.6 Å². The summed E-state index contributed by atoms with van der Waals surface area (Å²) in [7, 11) is 2.57. The second kappa shape index (κ2) is 7.65. The number of halogens is 1. The molecule has 0 N–H and O–H groups in total. The molecule has 5 heteroatoms. The lowest BCUT2D eigenvalue weighted by Gasteiger charge is -2.28. The summed E-state index contributed by atoms with van der Waals surface area (Å²) in [5, 5.41) is 0.307. The van der Waals surface area contributed by atoms with Crippen molar-refractivity contribution in [1.29, 1.82) is 0 Å². The van der Waals surface area contributed by atoms with E-state index in [1.807, 2.05) is 6.92 Å². The zero-order valence-electron chi connectivity index (χ0n) is 14.2. The number of ether oxygens (including phenoxy) is 3. The summed E-state index contributed by atoms with van der Waals surface area (Å²) in [6, 6.07) is 2.05. The molecule has 21 heavy (non-hydrogen) atoms. The van der Waals surface area contributed by atoms with Crippen molar-refractivity contribution in [3.05, 3.63) is 21.7 Å². The van der Waals surface area contributed by atoms with E-state index in [4.69, 9.17) is 14.2 Å². The van der Waals surface area contributed by atoms with E-state index in [9.17, 15) is 0 Å². The first-order chi connectivity index (χ1) is 9.74. The molecule has 0 fully saturated rings. The fourth-order valence-corrected chi connectivity index (χ4v) is 3.00. The Balaban J connectivity index is 2.88. The molecule has 1 aromatic rings. The highest BCUT2D eigenvalue weighted by atomic mass is 79.9. The van der Waals surface area contributed by atoms with Gasteiger partial charge in [0.25, 0.3) is 0 Å². The Morgan fingerprint density at radius 3 is 2.19 bits per heavy atom. The summed E-state index contributed by atoms with van der Waals surface area (Å²) < 4.78 is 17.7. The highest BCUT2D eigenvalue weighted by Gasteiger charge is 2.24. The minimum absolute atomic E-state index is 0.307. The Labute approximate surface area is 138 Å². The van der Waals surface area contributed by atoms with Crippen LogP contribution in [-0.2, 0) is 11.3 Å². The van der Waals surface area contributed by atoms with Crippen LogP contribution in [0.15, 0.2) is 10.5 Å². The first kappa shape index (κ1) is 18.5. The molecule has 1 aromatic carbocycles. The topological polar surface area (TPSA) is 27.7 Å². The lowest BCUT2D eigenvalue weighted by atomic mass is 10.1. The maximum atomic E-state index is 5.97. The van der Waals surface area contributed by atoms with Gasteiger partial charge in [0.1, 0.15) is 0 Å². The molecular formula is C16H27BrO3Si. The van der Waals surface area contributed by atoms with Gasteiger partial charge in [0, 0.05) is 21.0 Å². The summed E-state index contributed by atoms with van der Waals surface area (Å²) in [5.41, 5.74) is 2.19. The minimum atomic E-state index is -0.735. The smallest absolute Gasteiger partial charge is 0.175 e. The Kier molecular flexibility index (Phi) is 6.75. The van der Waals surface area contributed by atoms with Crippen LogP contribution < -0.4 is 9.47 Å². The number of rotatable bonds is 7. The lowest BCUT2D eigenvalue weighted by Crippen LogP contribution is -2.26. The molecule has 0 radical (unpaired) electrons. The van der Waals surface area contributed by atoms with Gasteiger partial charge in [-0.2, -0.15) is 0 Å². The average molecular weight is 375 g/mol. The second-order valence-corrected chi connectivity index (χ2v) is 11.1. The van der Waals surface area contributed by atoms with Crippen molar-refractivity contribution in [2.75, 3.05) is 20.8 Å². The highest BCUT2D eigenvalue weighted by molar-refractivity contribution is 9.10. The minimum Gasteiger partial charge on any atom is -0.493 e. The van der Waals surface area contributed by atoms with Crippen LogP contribution in [0.25, 0.3) is 0 Å². The number of methoxy groups -OCH3 is 2. The van der Waals surface area contributed by atoms with Crippen LogP contribution in [0, 0.1) is 6.92 Å². The third kappa shape index (κ3) is 4.47. The second-order valence-electron chi connectivity index (χ2n) is 6.35. The van der Waals surface area contributed by atoms with Crippen molar-refractivity contribution in [3.8, 4) is 11.5 Å². The quantitative estimate of drug-likeness (QED) is 0.654. The molecule has 0 amide bonds. The van der Waals surface area contributed by atoms with Crippen molar-refractivity contribution in [3.63, 3.8) is 0 Å². The zero-order valence-corrected chi connectivity index (χ0v) is 16.9. The number of hydrogen-bond acceptors (Lipinski definition) is 3. The van der Waals surface area contributed by atoms with Gasteiger partial charge in [-0.1, -0.05) is 26.9 Å². The summed E-state index contributed by atoms with van der Waals surface area (Å²) in [6.07, 6.45) is 0. The van der Waals surface area contributed by atoms with Crippen molar-refractivity contribution in [1.82, 2.24) is 0 Å². The van der Waals surface area contributed by atoms with Crippen molar-refractivity contribution in [2.24, 2.45) is 0 Å². The molecule has 0 spiro atoms. The summed E-state index contributed by atoms with van der Waals surface area (Å²) in [4.78, 5) is 0. The van der Waals surface area contributed by atoms with E-state index in [-0.39, 0.29) is 0 Å². The van der Waals surface area contributed by atoms with Crippen molar-refractivity contribution in [2.45, 2.75) is 45.5 Å². The summed E-state index contributed by atoms with van der Waals surface area (Å²) >= 11 is 3.53. The molecule has 0 unspecified atom stereocenters. The van der Waals surface area contributed by atoms with Gasteiger partial charge in [0.15, 0.2) is 11.5 Å². The normalized spacial score (nSPS) is 11.9. The summed E-state index contributed by atoms with van der Waals surface area (Å²) in [6.45, 7) is 12.7. The van der Waals surface area contributed by atoms with Gasteiger partial charge < -0.3 is 14.2 Å². The standard InChI is InChI=1S/C16H27BrO3Si/c1-11-12(9-20-10-16(2,3)21(6)7)8-13(17)15(19-5)14(11)18-4/h8,21H,9-10H2,1-7H3. The molecular weight excluding hydrogens is 348 g/mol. The fourth-order valence-electron chi connectivity index (χ4n) is 1.93. The zero-order chi connectivity index (χ0) is 16.2. The van der Waals surface area contributed by atoms with Crippen LogP contribution in [0.4, 0.5) is 0 Å². The molecule has 0 bridgehead atoms. The molecule has 0 heterocycles. The Morgan fingerprint density at radius 2 is 1.71 bits per heavy atom. The number of hydrogen-bond donors (Lipinski definition) is 0. The monoisotopic (exact) mass is 374 g/mol. The Hall–Kier alpha value is -0.523. The predicted molar refractivity (Wildman–Crippen MR) is 94.6 cm³/mol. The first-order valence-electron chi connectivity index (χ1n) is 7.22. The van der Waals surface area contributed by atoms with Crippen LogP contribution >= 0.6 is 15.9 Å². The van der Waals surface area contributed by atoms with Gasteiger partial charge in [-0.3, -0.25) is 0 Å². The summed E-state index contributed by atoms with van der Waals surface area (Å²) in [5.74, 6) is 1.50. The van der Waals surface area contributed by atoms with Gasteiger partial charge in [-0.05, 0) is 39.5 Å². The SMILES string of the molecule is COc1c(Br)cc(COCC(C)(C)[SiH](C)C)c(C)c1OC. The molecule has 0 atom stereocenters. The Bertz CT molecular complexity index is 487. The van der Waals surface area contributed by atoms with Gasteiger partial charge >= 0.3 is 0 Å². The van der Waals surface area contributed by atoms with Crippen LogP contribution in [0.5, 0.6) is 11.5 Å². The van der Waals surface area contributed by atoms with Crippen LogP contribution in [0.2, 0.25) is 18.1 Å². The van der Waals surface area contributed by atoms with Crippen LogP contribution in [0.3, 0.4) is 0 Å². The first-order valence-corrected chi connectivity index (χ1v) is 10.9. The molecule has 0 aromatic heterocycles. The van der Waals surface area contributed by atoms with E-state index in [1.54, 1.807) is 14.2 Å². The van der Waals surface area contributed by atoms with Crippen molar-refractivity contribution < 1.29 is 14.2 Å². The lowest BCUT2D eigenvalue weighted by molar-refractivity contribution is 0.100. The van der Waals surface area contributed by atoms with E-state index in [0.717, 1.165) is 33.7 Å². The van der Waals surface area contributed by atoms with Gasteiger partial charge in [-0.15, -0.1) is 0 Å². The molecule has 3 nitrogen and oxygen atoms in total. The molecule has 0 aliphatic heterocycles. The third-order valence-electron chi connectivity index (χ3n) is 4.25. The van der Waals surface area contributed by atoms with Gasteiger partial charge in [0.2, 0.25) is 0 Å². The largest absolute Gasteiger partial charge is 0.493 e. The highest BCUT2D eigenvalue weighted by Crippen LogP contribution is 2.40. The molecule has 0 saturated carbocycles. The Morgan fingerprint density at radius 1 is 1.14 bits per heavy atom. The molecule has 0 saturated heterocycles. The third-order valence-corrected chi connectivity index (χ3v) is 8.13. The van der Waals surface area contributed by atoms with Crippen LogP contribution in [0.1, 0.15) is 25.0 Å². The van der Waals surface area contributed by atoms with E-state index in [2.05, 4.69) is 48.9 Å². The molecule has 0 aliphatic carbocycles. The maximum absolute atomic E-state index is 5.97. The van der Waals surface area contributed by atoms with E-state index in [1.165, 1.54) is 0 Å². The molecule has 0 aliphatic rings. The average Bonchev–Trinajstić information content (AvgIpc) is 2.41. The maximum Gasteiger partial charge on any atom is 0.175 e. The van der Waals surface area contributed by atoms with Crippen molar-refractivity contribution >= 4 is 24.7 Å². The van der Waals surface area contributed by atoms with E-state index < -0.39 is 8.80 Å². The fraction of sp³-hybridized carbons (Fsp3) is 0.625. The predicted octanol–water partition coefficient (Wildman–Crippen LogP) is 4.56. The number of benzene rings is 1.